The van der Waals surface area contributed by atoms with Crippen LogP contribution in [-0.2, 0) is 11.2 Å². The van der Waals surface area contributed by atoms with Crippen LogP contribution in [0.2, 0.25) is 0 Å². The van der Waals surface area contributed by atoms with Gasteiger partial charge in [-0.15, -0.1) is 0 Å². The van der Waals surface area contributed by atoms with Gasteiger partial charge in [0.05, 0.1) is 0 Å². The summed E-state index contributed by atoms with van der Waals surface area (Å²) in [5.41, 5.74) is 6.77. The van der Waals surface area contributed by atoms with Gasteiger partial charge < -0.3 is 16.0 Å². The summed E-state index contributed by atoms with van der Waals surface area (Å²) in [5.74, 6) is 0.243. The van der Waals surface area contributed by atoms with Crippen molar-refractivity contribution in [3.05, 3.63) is 35.9 Å². The number of nitrogens with two attached hydrogens (primary N) is 1. The lowest BCUT2D eigenvalue weighted by Gasteiger charge is -2.36. The molecular formula is C15H23N3O. The lowest BCUT2D eigenvalue weighted by molar-refractivity contribution is -0.134. The number of carbonyl (C=O) groups is 1. The highest BCUT2D eigenvalue weighted by Crippen LogP contribution is 2.12. The molecule has 1 heterocycles. The van der Waals surface area contributed by atoms with Gasteiger partial charge in [-0.05, 0) is 24.9 Å². The number of nitrogens with zero attached hydrogens (tertiary/aromatic N) is 1. The van der Waals surface area contributed by atoms with E-state index in [0.717, 1.165) is 32.5 Å². The summed E-state index contributed by atoms with van der Waals surface area (Å²) in [5, 5.41) is 3.38. The largest absolute Gasteiger partial charge is 0.337 e. The molecule has 0 spiro atoms. The maximum Gasteiger partial charge on any atom is 0.222 e. The fourth-order valence-corrected chi connectivity index (χ4v) is 2.55. The van der Waals surface area contributed by atoms with Crippen LogP contribution in [0.25, 0.3) is 0 Å². The first-order chi connectivity index (χ1) is 9.31. The number of carbonyl (C=O) groups excluding carboxylic acids is 1. The minimum Gasteiger partial charge on any atom is -0.337 e. The van der Waals surface area contributed by atoms with Crippen molar-refractivity contribution in [2.75, 3.05) is 26.2 Å². The minimum atomic E-state index is 0.243. The Morgan fingerprint density at radius 2 is 2.16 bits per heavy atom. The number of amides is 1. The first-order valence-corrected chi connectivity index (χ1v) is 7.05. The predicted molar refractivity (Wildman–Crippen MR) is 76.8 cm³/mol. The zero-order valence-electron chi connectivity index (χ0n) is 11.3. The maximum atomic E-state index is 12.2. The minimum absolute atomic E-state index is 0.243. The molecule has 19 heavy (non-hydrogen) atoms. The molecule has 1 aromatic rings. The SMILES string of the molecule is NCCCC(=O)N1CCNCC1Cc1ccccc1. The Morgan fingerprint density at radius 3 is 2.89 bits per heavy atom. The highest BCUT2D eigenvalue weighted by atomic mass is 16.2. The van der Waals surface area contributed by atoms with E-state index in [4.69, 9.17) is 5.73 Å². The first-order valence-electron chi connectivity index (χ1n) is 7.05. The van der Waals surface area contributed by atoms with E-state index < -0.39 is 0 Å². The Kier molecular flexibility index (Phi) is 5.36. The Balaban J connectivity index is 1.97. The summed E-state index contributed by atoms with van der Waals surface area (Å²) >= 11 is 0. The number of benzene rings is 1. The molecular weight excluding hydrogens is 238 g/mol. The van der Waals surface area contributed by atoms with Gasteiger partial charge in [0.2, 0.25) is 5.91 Å². The number of rotatable bonds is 5. The molecule has 104 valence electrons. The molecule has 3 N–H and O–H groups in total. The number of piperazine rings is 1. The maximum absolute atomic E-state index is 12.2. The molecule has 0 saturated carbocycles. The second kappa shape index (κ2) is 7.26. The van der Waals surface area contributed by atoms with Crippen molar-refractivity contribution in [2.24, 2.45) is 5.73 Å². The van der Waals surface area contributed by atoms with E-state index in [9.17, 15) is 4.79 Å². The fourth-order valence-electron chi connectivity index (χ4n) is 2.55. The van der Waals surface area contributed by atoms with Gasteiger partial charge in [-0.1, -0.05) is 30.3 Å². The van der Waals surface area contributed by atoms with Crippen LogP contribution in [0.3, 0.4) is 0 Å². The quantitative estimate of drug-likeness (QED) is 0.823. The van der Waals surface area contributed by atoms with E-state index in [1.54, 1.807) is 0 Å². The first kappa shape index (κ1) is 14.0. The second-order valence-corrected chi connectivity index (χ2v) is 5.03. The van der Waals surface area contributed by atoms with Crippen molar-refractivity contribution < 1.29 is 4.79 Å². The highest BCUT2D eigenvalue weighted by molar-refractivity contribution is 5.76. The van der Waals surface area contributed by atoms with Crippen LogP contribution < -0.4 is 11.1 Å². The molecule has 0 aromatic heterocycles. The van der Waals surface area contributed by atoms with E-state index in [0.29, 0.717) is 13.0 Å². The Morgan fingerprint density at radius 1 is 1.37 bits per heavy atom. The third kappa shape index (κ3) is 4.04. The van der Waals surface area contributed by atoms with Gasteiger partial charge in [-0.3, -0.25) is 4.79 Å². The van der Waals surface area contributed by atoms with E-state index in [1.807, 2.05) is 23.1 Å². The summed E-state index contributed by atoms with van der Waals surface area (Å²) in [6.07, 6.45) is 2.27. The average molecular weight is 261 g/mol. The van der Waals surface area contributed by atoms with E-state index >= 15 is 0 Å². The van der Waals surface area contributed by atoms with Crippen molar-refractivity contribution in [2.45, 2.75) is 25.3 Å². The molecule has 1 saturated heterocycles. The smallest absolute Gasteiger partial charge is 0.222 e. The number of hydrogen-bond donors (Lipinski definition) is 2. The lowest BCUT2D eigenvalue weighted by atomic mass is 10.0. The standard InChI is InChI=1S/C15H23N3O/c16-8-4-7-15(19)18-10-9-17-12-14(18)11-13-5-2-1-3-6-13/h1-3,5-6,14,17H,4,7-12,16H2. The van der Waals surface area contributed by atoms with Crippen molar-refractivity contribution >= 4 is 5.91 Å². The molecule has 2 rings (SSSR count). The molecule has 1 amide bonds. The summed E-state index contributed by atoms with van der Waals surface area (Å²) in [6.45, 7) is 3.16. The third-order valence-electron chi connectivity index (χ3n) is 3.58. The zero-order chi connectivity index (χ0) is 13.5. The highest BCUT2D eigenvalue weighted by Gasteiger charge is 2.25. The number of nitrogens with one attached hydrogen (secondary N) is 1. The monoisotopic (exact) mass is 261 g/mol. The van der Waals surface area contributed by atoms with Gasteiger partial charge >= 0.3 is 0 Å². The van der Waals surface area contributed by atoms with E-state index in [-0.39, 0.29) is 11.9 Å². The molecule has 1 unspecified atom stereocenters. The van der Waals surface area contributed by atoms with Crippen molar-refractivity contribution in [3.8, 4) is 0 Å². The molecule has 4 nitrogen and oxygen atoms in total. The summed E-state index contributed by atoms with van der Waals surface area (Å²) in [4.78, 5) is 14.2. The summed E-state index contributed by atoms with van der Waals surface area (Å²) < 4.78 is 0. The molecule has 1 aliphatic heterocycles. The van der Waals surface area contributed by atoms with Crippen LogP contribution >= 0.6 is 0 Å². The van der Waals surface area contributed by atoms with Crippen molar-refractivity contribution in [3.63, 3.8) is 0 Å². The van der Waals surface area contributed by atoms with Crippen molar-refractivity contribution in [1.82, 2.24) is 10.2 Å². The zero-order valence-corrected chi connectivity index (χ0v) is 11.3. The average Bonchev–Trinajstić information content (AvgIpc) is 2.46. The van der Waals surface area contributed by atoms with Gasteiger partial charge in [0.25, 0.3) is 0 Å². The van der Waals surface area contributed by atoms with Crippen LogP contribution in [0.4, 0.5) is 0 Å². The third-order valence-corrected chi connectivity index (χ3v) is 3.58. The van der Waals surface area contributed by atoms with Crippen molar-refractivity contribution in [1.29, 1.82) is 0 Å². The molecule has 1 atom stereocenters. The second-order valence-electron chi connectivity index (χ2n) is 5.03. The Bertz CT molecular complexity index is 394. The summed E-state index contributed by atoms with van der Waals surface area (Å²) in [6, 6.07) is 10.6. The normalized spacial score (nSPS) is 19.4. The topological polar surface area (TPSA) is 58.4 Å². The molecule has 0 aliphatic carbocycles. The van der Waals surface area contributed by atoms with Gasteiger partial charge in [0, 0.05) is 32.1 Å². The van der Waals surface area contributed by atoms with Crippen LogP contribution in [0.1, 0.15) is 18.4 Å². The number of hydrogen-bond acceptors (Lipinski definition) is 3. The molecule has 1 aliphatic rings. The van der Waals surface area contributed by atoms with Gasteiger partial charge in [-0.2, -0.15) is 0 Å². The molecule has 1 fully saturated rings. The van der Waals surface area contributed by atoms with Gasteiger partial charge in [0.1, 0.15) is 0 Å². The molecule has 0 bridgehead atoms. The molecule has 4 heteroatoms. The van der Waals surface area contributed by atoms with Crippen LogP contribution in [0, 0.1) is 0 Å². The van der Waals surface area contributed by atoms with Crippen LogP contribution in [0.15, 0.2) is 30.3 Å². The Labute approximate surface area is 115 Å². The van der Waals surface area contributed by atoms with E-state index in [2.05, 4.69) is 17.4 Å². The summed E-state index contributed by atoms with van der Waals surface area (Å²) in [7, 11) is 0. The van der Waals surface area contributed by atoms with E-state index in [1.165, 1.54) is 5.56 Å². The van der Waals surface area contributed by atoms with Gasteiger partial charge in [-0.25, -0.2) is 0 Å². The predicted octanol–water partition coefficient (Wildman–Crippen LogP) is 0.768. The van der Waals surface area contributed by atoms with Crippen LogP contribution in [-0.4, -0.2) is 43.0 Å². The van der Waals surface area contributed by atoms with Gasteiger partial charge in [0.15, 0.2) is 0 Å². The molecule has 1 aromatic carbocycles. The fraction of sp³-hybridized carbons (Fsp3) is 0.533. The van der Waals surface area contributed by atoms with Crippen LogP contribution in [0.5, 0.6) is 0 Å². The lowest BCUT2D eigenvalue weighted by Crippen LogP contribution is -2.54. The molecule has 0 radical (unpaired) electrons. The Hall–Kier alpha value is -1.39.